The molecular weight excluding hydrogens is 376 g/mol. The first kappa shape index (κ1) is 18.8. The summed E-state index contributed by atoms with van der Waals surface area (Å²) in [4.78, 5) is 0. The molecule has 4 nitrogen and oxygen atoms in total. The van der Waals surface area contributed by atoms with Crippen LogP contribution in [0.15, 0.2) is 60.9 Å². The van der Waals surface area contributed by atoms with Gasteiger partial charge in [-0.3, -0.25) is 0 Å². The van der Waals surface area contributed by atoms with Crippen molar-refractivity contribution in [3.8, 4) is 0 Å². The minimum Gasteiger partial charge on any atom is -0.377 e. The zero-order chi connectivity index (χ0) is 18.4. The van der Waals surface area contributed by atoms with Gasteiger partial charge in [-0.05, 0) is 41.8 Å². The lowest BCUT2D eigenvalue weighted by Gasteiger charge is -2.25. The second kappa shape index (κ2) is 8.62. The van der Waals surface area contributed by atoms with Gasteiger partial charge in [0, 0.05) is 16.2 Å². The van der Waals surface area contributed by atoms with Crippen LogP contribution in [0.5, 0.6) is 0 Å². The SMILES string of the molecule is FC(COCCc1ccc(Cl)cc1)(Cn1ccnn1)c1ccc(Cl)cc1. The highest BCUT2D eigenvalue weighted by Crippen LogP contribution is 2.29. The summed E-state index contributed by atoms with van der Waals surface area (Å²) >= 11 is 11.8. The molecule has 1 unspecified atom stereocenters. The molecule has 136 valence electrons. The summed E-state index contributed by atoms with van der Waals surface area (Å²) in [6.07, 6.45) is 3.82. The third kappa shape index (κ3) is 5.04. The zero-order valence-corrected chi connectivity index (χ0v) is 15.5. The Morgan fingerprint density at radius 1 is 1.00 bits per heavy atom. The number of hydrogen-bond acceptors (Lipinski definition) is 3. The Morgan fingerprint density at radius 2 is 1.65 bits per heavy atom. The predicted octanol–water partition coefficient (Wildman–Crippen LogP) is 4.71. The standard InChI is InChI=1S/C19H18Cl2FN3O/c20-17-5-1-15(2-6-17)9-12-26-14-19(22,13-25-11-10-23-24-25)16-3-7-18(21)8-4-16/h1-8,10-11H,9,12-14H2. The summed E-state index contributed by atoms with van der Waals surface area (Å²) in [5, 5.41) is 8.84. The largest absolute Gasteiger partial charge is 0.377 e. The van der Waals surface area contributed by atoms with E-state index in [-0.39, 0.29) is 13.2 Å². The lowest BCUT2D eigenvalue weighted by atomic mass is 9.96. The predicted molar refractivity (Wildman–Crippen MR) is 100 cm³/mol. The minimum atomic E-state index is -1.74. The van der Waals surface area contributed by atoms with Crippen molar-refractivity contribution in [2.24, 2.45) is 0 Å². The normalized spacial score (nSPS) is 13.5. The molecule has 0 aliphatic heterocycles. The zero-order valence-electron chi connectivity index (χ0n) is 14.0. The maximum absolute atomic E-state index is 15.7. The van der Waals surface area contributed by atoms with Crippen molar-refractivity contribution in [3.63, 3.8) is 0 Å². The minimum absolute atomic E-state index is 0.00950. The van der Waals surface area contributed by atoms with E-state index in [0.717, 1.165) is 5.56 Å². The Hall–Kier alpha value is -1.95. The lowest BCUT2D eigenvalue weighted by molar-refractivity contribution is -0.000678. The van der Waals surface area contributed by atoms with Gasteiger partial charge in [0.15, 0.2) is 5.67 Å². The van der Waals surface area contributed by atoms with E-state index in [9.17, 15) is 0 Å². The van der Waals surface area contributed by atoms with Crippen LogP contribution < -0.4 is 0 Å². The molecule has 0 radical (unpaired) electrons. The maximum Gasteiger partial charge on any atom is 0.178 e. The molecule has 0 aliphatic rings. The molecule has 3 rings (SSSR count). The molecule has 0 bridgehead atoms. The molecule has 1 heterocycles. The summed E-state index contributed by atoms with van der Waals surface area (Å²) in [7, 11) is 0. The smallest absolute Gasteiger partial charge is 0.178 e. The Morgan fingerprint density at radius 3 is 2.27 bits per heavy atom. The van der Waals surface area contributed by atoms with Gasteiger partial charge in [0.25, 0.3) is 0 Å². The van der Waals surface area contributed by atoms with E-state index >= 15 is 4.39 Å². The average molecular weight is 394 g/mol. The van der Waals surface area contributed by atoms with E-state index in [1.165, 1.54) is 10.9 Å². The molecule has 26 heavy (non-hydrogen) atoms. The first-order valence-electron chi connectivity index (χ1n) is 8.16. The van der Waals surface area contributed by atoms with Crippen molar-refractivity contribution in [1.82, 2.24) is 15.0 Å². The molecule has 1 atom stereocenters. The van der Waals surface area contributed by atoms with Crippen molar-refractivity contribution < 1.29 is 9.13 Å². The van der Waals surface area contributed by atoms with E-state index in [4.69, 9.17) is 27.9 Å². The molecule has 0 amide bonds. The fourth-order valence-corrected chi connectivity index (χ4v) is 2.87. The van der Waals surface area contributed by atoms with Crippen LogP contribution in [-0.4, -0.2) is 28.2 Å². The van der Waals surface area contributed by atoms with Crippen molar-refractivity contribution in [1.29, 1.82) is 0 Å². The van der Waals surface area contributed by atoms with E-state index in [2.05, 4.69) is 10.3 Å². The van der Waals surface area contributed by atoms with Crippen LogP contribution in [0.25, 0.3) is 0 Å². The fraction of sp³-hybridized carbons (Fsp3) is 0.263. The van der Waals surface area contributed by atoms with Gasteiger partial charge in [0.2, 0.25) is 0 Å². The Kier molecular flexibility index (Phi) is 6.25. The Labute approximate surface area is 161 Å². The van der Waals surface area contributed by atoms with Crippen LogP contribution in [0.4, 0.5) is 4.39 Å². The number of ether oxygens (including phenoxy) is 1. The number of nitrogens with zero attached hydrogens (tertiary/aromatic N) is 3. The highest BCUT2D eigenvalue weighted by molar-refractivity contribution is 6.30. The van der Waals surface area contributed by atoms with Crippen molar-refractivity contribution in [2.45, 2.75) is 18.6 Å². The van der Waals surface area contributed by atoms with Crippen LogP contribution >= 0.6 is 23.2 Å². The lowest BCUT2D eigenvalue weighted by Crippen LogP contribution is -2.33. The van der Waals surface area contributed by atoms with E-state index in [1.807, 2.05) is 24.3 Å². The molecule has 1 aromatic heterocycles. The van der Waals surface area contributed by atoms with Gasteiger partial charge in [-0.25, -0.2) is 9.07 Å². The first-order chi connectivity index (χ1) is 12.5. The molecule has 7 heteroatoms. The maximum atomic E-state index is 15.7. The first-order valence-corrected chi connectivity index (χ1v) is 8.92. The average Bonchev–Trinajstić information content (AvgIpc) is 3.13. The van der Waals surface area contributed by atoms with E-state index in [0.29, 0.717) is 28.6 Å². The molecule has 0 fully saturated rings. The molecule has 0 N–H and O–H groups in total. The van der Waals surface area contributed by atoms with Crippen molar-refractivity contribution >= 4 is 23.2 Å². The van der Waals surface area contributed by atoms with Gasteiger partial charge in [0.1, 0.15) is 0 Å². The quantitative estimate of drug-likeness (QED) is 0.520. The van der Waals surface area contributed by atoms with E-state index in [1.54, 1.807) is 30.5 Å². The summed E-state index contributed by atoms with van der Waals surface area (Å²) in [5.41, 5.74) is -0.163. The van der Waals surface area contributed by atoms with Gasteiger partial charge in [-0.1, -0.05) is 52.7 Å². The molecule has 2 aromatic carbocycles. The van der Waals surface area contributed by atoms with Crippen LogP contribution in [0, 0.1) is 0 Å². The fourth-order valence-electron chi connectivity index (χ4n) is 2.62. The number of aromatic nitrogens is 3. The highest BCUT2D eigenvalue weighted by atomic mass is 35.5. The van der Waals surface area contributed by atoms with Crippen LogP contribution in [0.2, 0.25) is 10.0 Å². The number of hydrogen-bond donors (Lipinski definition) is 0. The number of benzene rings is 2. The molecule has 3 aromatic rings. The van der Waals surface area contributed by atoms with Crippen molar-refractivity contribution in [3.05, 3.63) is 82.1 Å². The monoisotopic (exact) mass is 393 g/mol. The van der Waals surface area contributed by atoms with Crippen molar-refractivity contribution in [2.75, 3.05) is 13.2 Å². The van der Waals surface area contributed by atoms with Gasteiger partial charge >= 0.3 is 0 Å². The number of rotatable bonds is 8. The summed E-state index contributed by atoms with van der Waals surface area (Å²) in [5.74, 6) is 0. The number of halogens is 3. The van der Waals surface area contributed by atoms with Gasteiger partial charge in [-0.15, -0.1) is 5.10 Å². The third-order valence-electron chi connectivity index (χ3n) is 4.03. The molecule has 0 saturated heterocycles. The van der Waals surface area contributed by atoms with Crippen LogP contribution in [0.3, 0.4) is 0 Å². The third-order valence-corrected chi connectivity index (χ3v) is 4.53. The number of alkyl halides is 1. The second-order valence-electron chi connectivity index (χ2n) is 6.00. The Balaban J connectivity index is 1.65. The summed E-state index contributed by atoms with van der Waals surface area (Å²) in [6.45, 7) is 0.315. The topological polar surface area (TPSA) is 39.9 Å². The van der Waals surface area contributed by atoms with Crippen LogP contribution in [0.1, 0.15) is 11.1 Å². The molecule has 0 aliphatic carbocycles. The highest BCUT2D eigenvalue weighted by Gasteiger charge is 2.33. The van der Waals surface area contributed by atoms with Crippen LogP contribution in [-0.2, 0) is 23.4 Å². The molecule has 0 saturated carbocycles. The molecular formula is C19H18Cl2FN3O. The Bertz CT molecular complexity index is 810. The van der Waals surface area contributed by atoms with Gasteiger partial charge in [0.05, 0.1) is 26.0 Å². The van der Waals surface area contributed by atoms with E-state index < -0.39 is 5.67 Å². The summed E-state index contributed by atoms with van der Waals surface area (Å²) in [6, 6.07) is 14.2. The van der Waals surface area contributed by atoms with Gasteiger partial charge in [-0.2, -0.15) is 0 Å². The summed E-state index contributed by atoms with van der Waals surface area (Å²) < 4.78 is 22.8. The second-order valence-corrected chi connectivity index (χ2v) is 6.87. The molecule has 0 spiro atoms. The van der Waals surface area contributed by atoms with Gasteiger partial charge < -0.3 is 4.74 Å².